The molecule has 18 heavy (non-hydrogen) atoms. The van der Waals surface area contributed by atoms with Gasteiger partial charge in [0.25, 0.3) is 0 Å². The number of carbonyl (C=O) groups is 1. The van der Waals surface area contributed by atoms with Crippen LogP contribution in [0.2, 0.25) is 0 Å². The fourth-order valence-corrected chi connectivity index (χ4v) is 2.32. The molecule has 0 spiro atoms. The average Bonchev–Trinajstić information content (AvgIpc) is 2.33. The molecule has 0 radical (unpaired) electrons. The highest BCUT2D eigenvalue weighted by Crippen LogP contribution is 2.24. The van der Waals surface area contributed by atoms with E-state index in [-0.39, 0.29) is 12.4 Å². The summed E-state index contributed by atoms with van der Waals surface area (Å²) in [5, 5.41) is 9.06. The molecule has 0 saturated heterocycles. The maximum absolute atomic E-state index is 11.3. The molecule has 0 aromatic heterocycles. The lowest BCUT2D eigenvalue weighted by molar-refractivity contribution is 0.101. The van der Waals surface area contributed by atoms with Crippen molar-refractivity contribution in [2.45, 2.75) is 6.92 Å². The first-order valence-corrected chi connectivity index (χ1v) is 6.54. The van der Waals surface area contributed by atoms with Crippen molar-refractivity contribution in [3.05, 3.63) is 28.2 Å². The molecular weight excluding hydrogens is 298 g/mol. The van der Waals surface area contributed by atoms with E-state index in [2.05, 4.69) is 15.9 Å². The van der Waals surface area contributed by atoms with Crippen molar-refractivity contribution < 1.29 is 14.6 Å². The molecule has 0 aliphatic heterocycles. The standard InChI is InChI=1S/C13H18BrNO3/c1-10(17)12-4-3-11(9-13(12)14)15(5-7-16)6-8-18-2/h3-4,9,16H,5-8H2,1-2H3. The molecule has 1 aromatic rings. The fraction of sp³-hybridized carbons (Fsp3) is 0.462. The molecule has 0 saturated carbocycles. The topological polar surface area (TPSA) is 49.8 Å². The first-order valence-electron chi connectivity index (χ1n) is 5.75. The second-order valence-electron chi connectivity index (χ2n) is 3.92. The molecule has 100 valence electrons. The molecule has 0 atom stereocenters. The van der Waals surface area contributed by atoms with Gasteiger partial charge in [0.1, 0.15) is 0 Å². The van der Waals surface area contributed by atoms with Crippen molar-refractivity contribution in [2.24, 2.45) is 0 Å². The van der Waals surface area contributed by atoms with Crippen LogP contribution in [-0.4, -0.2) is 44.3 Å². The number of nitrogens with zero attached hydrogens (tertiary/aromatic N) is 1. The predicted octanol–water partition coefficient (Wildman–Crippen LogP) is 2.10. The van der Waals surface area contributed by atoms with Crippen LogP contribution in [-0.2, 0) is 4.74 Å². The van der Waals surface area contributed by atoms with Gasteiger partial charge in [0.15, 0.2) is 5.78 Å². The molecule has 0 aliphatic rings. The van der Waals surface area contributed by atoms with Gasteiger partial charge in [0, 0.05) is 35.9 Å². The van der Waals surface area contributed by atoms with Crippen LogP contribution in [0.15, 0.2) is 22.7 Å². The van der Waals surface area contributed by atoms with Crippen molar-refractivity contribution in [3.8, 4) is 0 Å². The minimum absolute atomic E-state index is 0.0269. The predicted molar refractivity (Wildman–Crippen MR) is 75.3 cm³/mol. The third-order valence-electron chi connectivity index (χ3n) is 2.63. The van der Waals surface area contributed by atoms with Crippen molar-refractivity contribution in [2.75, 3.05) is 38.3 Å². The summed E-state index contributed by atoms with van der Waals surface area (Å²) >= 11 is 3.39. The SMILES string of the molecule is COCCN(CCO)c1ccc(C(C)=O)c(Br)c1. The van der Waals surface area contributed by atoms with E-state index in [1.54, 1.807) is 13.2 Å². The Kier molecular flexibility index (Phi) is 6.32. The van der Waals surface area contributed by atoms with Gasteiger partial charge in [-0.2, -0.15) is 0 Å². The van der Waals surface area contributed by atoms with E-state index in [0.717, 1.165) is 10.2 Å². The average molecular weight is 316 g/mol. The Morgan fingerprint density at radius 3 is 2.67 bits per heavy atom. The van der Waals surface area contributed by atoms with Crippen molar-refractivity contribution in [1.29, 1.82) is 0 Å². The first-order chi connectivity index (χ1) is 8.60. The van der Waals surface area contributed by atoms with Gasteiger partial charge in [-0.05, 0) is 41.1 Å². The molecular formula is C13H18BrNO3. The number of anilines is 1. The number of benzene rings is 1. The Balaban J connectivity index is 2.91. The number of ketones is 1. The van der Waals surface area contributed by atoms with E-state index < -0.39 is 0 Å². The zero-order valence-corrected chi connectivity index (χ0v) is 12.2. The summed E-state index contributed by atoms with van der Waals surface area (Å²) in [4.78, 5) is 13.4. The number of Topliss-reactive ketones (excluding diaryl/α,β-unsaturated/α-hetero) is 1. The number of ether oxygens (including phenoxy) is 1. The second kappa shape index (κ2) is 7.51. The van der Waals surface area contributed by atoms with Gasteiger partial charge in [-0.15, -0.1) is 0 Å². The van der Waals surface area contributed by atoms with Crippen LogP contribution in [0.25, 0.3) is 0 Å². The molecule has 1 aromatic carbocycles. The molecule has 0 unspecified atom stereocenters. The van der Waals surface area contributed by atoms with Crippen LogP contribution in [0.3, 0.4) is 0 Å². The highest BCUT2D eigenvalue weighted by atomic mass is 79.9. The summed E-state index contributed by atoms with van der Waals surface area (Å²) in [7, 11) is 1.64. The summed E-state index contributed by atoms with van der Waals surface area (Å²) in [6.45, 7) is 3.44. The number of hydrogen-bond acceptors (Lipinski definition) is 4. The second-order valence-corrected chi connectivity index (χ2v) is 4.78. The number of rotatable bonds is 7. The molecule has 0 amide bonds. The monoisotopic (exact) mass is 315 g/mol. The van der Waals surface area contributed by atoms with Crippen LogP contribution in [0.1, 0.15) is 17.3 Å². The molecule has 1 N–H and O–H groups in total. The van der Waals surface area contributed by atoms with Crippen LogP contribution in [0.5, 0.6) is 0 Å². The van der Waals surface area contributed by atoms with E-state index in [1.165, 1.54) is 6.92 Å². The normalized spacial score (nSPS) is 10.4. The summed E-state index contributed by atoms with van der Waals surface area (Å²) < 4.78 is 5.81. The zero-order valence-electron chi connectivity index (χ0n) is 10.6. The van der Waals surface area contributed by atoms with Crippen LogP contribution in [0, 0.1) is 0 Å². The van der Waals surface area contributed by atoms with Crippen molar-refractivity contribution >= 4 is 27.4 Å². The minimum atomic E-state index is 0.0269. The molecule has 0 heterocycles. The van der Waals surface area contributed by atoms with Gasteiger partial charge >= 0.3 is 0 Å². The van der Waals surface area contributed by atoms with Gasteiger partial charge < -0.3 is 14.7 Å². The molecule has 0 bridgehead atoms. The number of aliphatic hydroxyl groups excluding tert-OH is 1. The molecule has 4 nitrogen and oxygen atoms in total. The summed E-state index contributed by atoms with van der Waals surface area (Å²) in [5.74, 6) is 0.0269. The first kappa shape index (κ1) is 15.1. The quantitative estimate of drug-likeness (QED) is 0.783. The van der Waals surface area contributed by atoms with E-state index in [9.17, 15) is 4.79 Å². The van der Waals surface area contributed by atoms with Gasteiger partial charge in [0.2, 0.25) is 0 Å². The smallest absolute Gasteiger partial charge is 0.160 e. The lowest BCUT2D eigenvalue weighted by atomic mass is 10.1. The third kappa shape index (κ3) is 4.08. The van der Waals surface area contributed by atoms with Crippen LogP contribution in [0.4, 0.5) is 5.69 Å². The van der Waals surface area contributed by atoms with E-state index in [0.29, 0.717) is 25.3 Å². The van der Waals surface area contributed by atoms with Gasteiger partial charge in [-0.25, -0.2) is 0 Å². The van der Waals surface area contributed by atoms with E-state index in [4.69, 9.17) is 9.84 Å². The van der Waals surface area contributed by atoms with E-state index >= 15 is 0 Å². The largest absolute Gasteiger partial charge is 0.395 e. The molecule has 0 aliphatic carbocycles. The van der Waals surface area contributed by atoms with Gasteiger partial charge in [-0.3, -0.25) is 4.79 Å². The van der Waals surface area contributed by atoms with Crippen LogP contribution >= 0.6 is 15.9 Å². The third-order valence-corrected chi connectivity index (χ3v) is 3.29. The van der Waals surface area contributed by atoms with Crippen molar-refractivity contribution in [1.82, 2.24) is 0 Å². The number of carbonyl (C=O) groups excluding carboxylic acids is 1. The highest BCUT2D eigenvalue weighted by Gasteiger charge is 2.10. The Morgan fingerprint density at radius 2 is 2.17 bits per heavy atom. The zero-order chi connectivity index (χ0) is 13.5. The van der Waals surface area contributed by atoms with Gasteiger partial charge in [0.05, 0.1) is 13.2 Å². The summed E-state index contributed by atoms with van der Waals surface area (Å²) in [6, 6.07) is 5.56. The number of hydrogen-bond donors (Lipinski definition) is 1. The maximum Gasteiger partial charge on any atom is 0.160 e. The van der Waals surface area contributed by atoms with Gasteiger partial charge in [-0.1, -0.05) is 0 Å². The Hall–Kier alpha value is -0.910. The minimum Gasteiger partial charge on any atom is -0.395 e. The molecule has 5 heteroatoms. The Labute approximate surface area is 116 Å². The lowest BCUT2D eigenvalue weighted by Gasteiger charge is -2.24. The summed E-state index contributed by atoms with van der Waals surface area (Å²) in [5.41, 5.74) is 1.62. The number of aliphatic hydroxyl groups is 1. The maximum atomic E-state index is 11.3. The van der Waals surface area contributed by atoms with Crippen LogP contribution < -0.4 is 4.90 Å². The van der Waals surface area contributed by atoms with Crippen molar-refractivity contribution in [3.63, 3.8) is 0 Å². The molecule has 1 rings (SSSR count). The highest BCUT2D eigenvalue weighted by molar-refractivity contribution is 9.10. The van der Waals surface area contributed by atoms with E-state index in [1.807, 2.05) is 17.0 Å². The fourth-order valence-electron chi connectivity index (χ4n) is 1.68. The number of methoxy groups -OCH3 is 1. The Bertz CT molecular complexity index is 409. The summed E-state index contributed by atoms with van der Waals surface area (Å²) in [6.07, 6.45) is 0. The molecule has 0 fully saturated rings. The Morgan fingerprint density at radius 1 is 1.44 bits per heavy atom. The number of halogens is 1. The lowest BCUT2D eigenvalue weighted by Crippen LogP contribution is -2.30.